The average Bonchev–Trinajstić information content (AvgIpc) is 2.64. The topological polar surface area (TPSA) is 46.9 Å². The highest BCUT2D eigenvalue weighted by molar-refractivity contribution is 6.30. The van der Waals surface area contributed by atoms with Gasteiger partial charge in [0.2, 0.25) is 5.91 Å². The summed E-state index contributed by atoms with van der Waals surface area (Å²) in [6.07, 6.45) is 3.44. The van der Waals surface area contributed by atoms with Crippen LogP contribution in [0.4, 0.5) is 0 Å². The van der Waals surface area contributed by atoms with Crippen molar-refractivity contribution >= 4 is 17.5 Å². The second-order valence-electron chi connectivity index (χ2n) is 4.37. The van der Waals surface area contributed by atoms with E-state index in [0.29, 0.717) is 0 Å². The highest BCUT2D eigenvalue weighted by Crippen LogP contribution is 2.21. The van der Waals surface area contributed by atoms with Gasteiger partial charge in [0.05, 0.1) is 6.20 Å². The van der Waals surface area contributed by atoms with E-state index in [4.69, 9.17) is 11.6 Å². The molecule has 1 aromatic rings. The lowest BCUT2D eigenvalue weighted by Gasteiger charge is -2.11. The maximum Gasteiger partial charge on any atom is 0.242 e. The number of nitrogens with zero attached hydrogens (tertiary/aromatic N) is 2. The van der Waals surface area contributed by atoms with Gasteiger partial charge in [-0.15, -0.1) is 11.6 Å². The van der Waals surface area contributed by atoms with Crippen LogP contribution in [0.15, 0.2) is 12.4 Å². The van der Waals surface area contributed by atoms with E-state index in [1.54, 1.807) is 10.9 Å². The van der Waals surface area contributed by atoms with Gasteiger partial charge in [0.15, 0.2) is 0 Å². The molecule has 0 aromatic carbocycles. The monoisotopic (exact) mass is 243 g/mol. The van der Waals surface area contributed by atoms with Crippen LogP contribution in [-0.2, 0) is 4.79 Å². The molecule has 0 aliphatic rings. The predicted octanol–water partition coefficient (Wildman–Crippen LogP) is 2.27. The van der Waals surface area contributed by atoms with Crippen molar-refractivity contribution in [2.75, 3.05) is 0 Å². The molecule has 1 atom stereocenters. The number of carbonyl (C=O) groups is 1. The minimum absolute atomic E-state index is 0.0916. The second kappa shape index (κ2) is 5.34. The molecular formula is C11H18ClN3O. The zero-order valence-corrected chi connectivity index (χ0v) is 10.8. The van der Waals surface area contributed by atoms with Gasteiger partial charge in [-0.2, -0.15) is 5.10 Å². The summed E-state index contributed by atoms with van der Waals surface area (Å²) in [6, 6.07) is 0.361. The first-order chi connectivity index (χ1) is 7.41. The molecule has 90 valence electrons. The molecule has 0 saturated heterocycles. The van der Waals surface area contributed by atoms with Crippen LogP contribution in [0.1, 0.15) is 44.7 Å². The predicted molar refractivity (Wildman–Crippen MR) is 64.5 cm³/mol. The zero-order chi connectivity index (χ0) is 12.3. The molecule has 1 aromatic heterocycles. The Morgan fingerprint density at radius 3 is 2.50 bits per heavy atom. The maximum absolute atomic E-state index is 11.7. The van der Waals surface area contributed by atoms with Gasteiger partial charge in [-0.1, -0.05) is 0 Å². The Hall–Kier alpha value is -1.03. The van der Waals surface area contributed by atoms with Gasteiger partial charge in [0.25, 0.3) is 0 Å². The van der Waals surface area contributed by atoms with E-state index in [2.05, 4.69) is 10.4 Å². The lowest BCUT2D eigenvalue weighted by Crippen LogP contribution is -2.32. The summed E-state index contributed by atoms with van der Waals surface area (Å²) in [4.78, 5) is 11.7. The Morgan fingerprint density at radius 1 is 1.44 bits per heavy atom. The summed E-state index contributed by atoms with van der Waals surface area (Å²) in [5.74, 6) is -0.181. The second-order valence-corrected chi connectivity index (χ2v) is 4.81. The van der Waals surface area contributed by atoms with Crippen molar-refractivity contribution < 1.29 is 4.79 Å². The molecule has 1 N–H and O–H groups in total. The third-order valence-electron chi connectivity index (χ3n) is 2.10. The van der Waals surface area contributed by atoms with Gasteiger partial charge in [-0.05, 0) is 27.7 Å². The Kier molecular flexibility index (Phi) is 4.35. The van der Waals surface area contributed by atoms with Crippen molar-refractivity contribution in [3.8, 4) is 0 Å². The standard InChI is InChI=1S/C11H18ClN3O/c1-7(2)14-11(16)10(12)9-5-13-15(6-9)8(3)4/h5-8,10H,1-4H3,(H,14,16). The number of amides is 1. The molecule has 0 bridgehead atoms. The molecule has 0 spiro atoms. The van der Waals surface area contributed by atoms with E-state index < -0.39 is 5.38 Å². The van der Waals surface area contributed by atoms with Crippen LogP contribution < -0.4 is 5.32 Å². The van der Waals surface area contributed by atoms with Crippen molar-refractivity contribution in [2.45, 2.75) is 45.2 Å². The first-order valence-corrected chi connectivity index (χ1v) is 5.84. The highest BCUT2D eigenvalue weighted by Gasteiger charge is 2.20. The third-order valence-corrected chi connectivity index (χ3v) is 2.55. The zero-order valence-electron chi connectivity index (χ0n) is 10.1. The quantitative estimate of drug-likeness (QED) is 0.825. The molecule has 0 fully saturated rings. The minimum Gasteiger partial charge on any atom is -0.352 e. The van der Waals surface area contributed by atoms with E-state index >= 15 is 0 Å². The number of nitrogens with one attached hydrogen (secondary N) is 1. The van der Waals surface area contributed by atoms with Gasteiger partial charge >= 0.3 is 0 Å². The fourth-order valence-electron chi connectivity index (χ4n) is 1.28. The molecule has 0 radical (unpaired) electrons. The normalized spacial score (nSPS) is 13.2. The Morgan fingerprint density at radius 2 is 2.06 bits per heavy atom. The van der Waals surface area contributed by atoms with Crippen LogP contribution in [-0.4, -0.2) is 21.7 Å². The Labute approximate surface area is 101 Å². The fourth-order valence-corrected chi connectivity index (χ4v) is 1.45. The summed E-state index contributed by atoms with van der Waals surface area (Å²) in [6.45, 7) is 7.85. The van der Waals surface area contributed by atoms with Crippen LogP contribution in [0, 0.1) is 0 Å². The van der Waals surface area contributed by atoms with E-state index in [0.717, 1.165) is 5.56 Å². The molecule has 1 rings (SSSR count). The molecule has 0 aliphatic heterocycles. The van der Waals surface area contributed by atoms with E-state index in [9.17, 15) is 4.79 Å². The van der Waals surface area contributed by atoms with Crippen LogP contribution in [0.5, 0.6) is 0 Å². The Bertz CT molecular complexity index is 360. The maximum atomic E-state index is 11.7. The fraction of sp³-hybridized carbons (Fsp3) is 0.636. The van der Waals surface area contributed by atoms with Crippen LogP contribution >= 0.6 is 11.6 Å². The Balaban J connectivity index is 2.72. The van der Waals surface area contributed by atoms with Gasteiger partial charge in [0.1, 0.15) is 5.38 Å². The van der Waals surface area contributed by atoms with Gasteiger partial charge in [-0.25, -0.2) is 0 Å². The number of halogens is 1. The number of hydrogen-bond acceptors (Lipinski definition) is 2. The van der Waals surface area contributed by atoms with Gasteiger partial charge < -0.3 is 5.32 Å². The number of carbonyl (C=O) groups excluding carboxylic acids is 1. The van der Waals surface area contributed by atoms with Crippen LogP contribution in [0.25, 0.3) is 0 Å². The first-order valence-electron chi connectivity index (χ1n) is 5.40. The average molecular weight is 244 g/mol. The first kappa shape index (κ1) is 13.0. The summed E-state index contributed by atoms with van der Waals surface area (Å²) in [7, 11) is 0. The molecule has 0 aliphatic carbocycles. The SMILES string of the molecule is CC(C)NC(=O)C(Cl)c1cnn(C(C)C)c1. The smallest absolute Gasteiger partial charge is 0.242 e. The highest BCUT2D eigenvalue weighted by atomic mass is 35.5. The molecule has 4 nitrogen and oxygen atoms in total. The molecule has 1 heterocycles. The van der Waals surface area contributed by atoms with Crippen molar-refractivity contribution in [3.05, 3.63) is 18.0 Å². The number of hydrogen-bond donors (Lipinski definition) is 1. The lowest BCUT2D eigenvalue weighted by atomic mass is 10.2. The molecule has 1 unspecified atom stereocenters. The van der Waals surface area contributed by atoms with Crippen molar-refractivity contribution in [2.24, 2.45) is 0 Å². The van der Waals surface area contributed by atoms with E-state index in [-0.39, 0.29) is 18.0 Å². The summed E-state index contributed by atoms with van der Waals surface area (Å²) < 4.78 is 1.79. The summed E-state index contributed by atoms with van der Waals surface area (Å²) >= 11 is 6.05. The number of aromatic nitrogens is 2. The molecule has 16 heavy (non-hydrogen) atoms. The van der Waals surface area contributed by atoms with Gasteiger partial charge in [0, 0.05) is 23.8 Å². The molecular weight excluding hydrogens is 226 g/mol. The molecule has 5 heteroatoms. The van der Waals surface area contributed by atoms with E-state index in [1.807, 2.05) is 33.9 Å². The van der Waals surface area contributed by atoms with Crippen molar-refractivity contribution in [1.82, 2.24) is 15.1 Å². The third kappa shape index (κ3) is 3.23. The van der Waals surface area contributed by atoms with Crippen LogP contribution in [0.2, 0.25) is 0 Å². The lowest BCUT2D eigenvalue weighted by molar-refractivity contribution is -0.121. The summed E-state index contributed by atoms with van der Waals surface area (Å²) in [5, 5.41) is 6.25. The van der Waals surface area contributed by atoms with Crippen LogP contribution in [0.3, 0.4) is 0 Å². The number of rotatable bonds is 4. The van der Waals surface area contributed by atoms with Crippen molar-refractivity contribution in [3.63, 3.8) is 0 Å². The molecule has 0 saturated carbocycles. The summed E-state index contributed by atoms with van der Waals surface area (Å²) in [5.41, 5.74) is 0.730. The molecule has 1 amide bonds. The van der Waals surface area contributed by atoms with E-state index in [1.165, 1.54) is 0 Å². The van der Waals surface area contributed by atoms with Crippen molar-refractivity contribution in [1.29, 1.82) is 0 Å². The van der Waals surface area contributed by atoms with Gasteiger partial charge in [-0.3, -0.25) is 9.48 Å². The number of alkyl halides is 1. The minimum atomic E-state index is -0.671. The largest absolute Gasteiger partial charge is 0.352 e.